The number of nitrogens with zero attached hydrogens (tertiary/aromatic N) is 2. The van der Waals surface area contributed by atoms with Crippen LogP contribution in [0, 0.1) is 5.92 Å². The van der Waals surface area contributed by atoms with Gasteiger partial charge in [-0.25, -0.2) is 0 Å². The largest absolute Gasteiger partial charge is 0.480 e. The van der Waals surface area contributed by atoms with Crippen molar-refractivity contribution in [1.29, 1.82) is 0 Å². The predicted octanol–water partition coefficient (Wildman–Crippen LogP) is 2.28. The minimum Gasteiger partial charge on any atom is -0.480 e. The SMILES string of the molecule is Cn1cc(SCCC2CCCC2(NC2CC2)C(=O)O)cn1. The van der Waals surface area contributed by atoms with Gasteiger partial charge in [-0.05, 0) is 43.8 Å². The number of aromatic nitrogens is 2. The summed E-state index contributed by atoms with van der Waals surface area (Å²) in [5.41, 5.74) is -0.670. The smallest absolute Gasteiger partial charge is 0.324 e. The zero-order chi connectivity index (χ0) is 14.9. The quantitative estimate of drug-likeness (QED) is 0.756. The fraction of sp³-hybridized carbons (Fsp3) is 0.733. The van der Waals surface area contributed by atoms with Gasteiger partial charge >= 0.3 is 5.97 Å². The Morgan fingerprint density at radius 1 is 1.57 bits per heavy atom. The number of carbonyl (C=O) groups is 1. The summed E-state index contributed by atoms with van der Waals surface area (Å²) in [6.45, 7) is 0. The standard InChI is InChI=1S/C15H23N3O2S/c1-18-10-13(9-16-18)21-8-6-11-3-2-7-15(11,14(19)20)17-12-4-5-12/h9-12,17H,2-8H2,1H3,(H,19,20). The third-order valence-electron chi connectivity index (χ3n) is 4.66. The van der Waals surface area contributed by atoms with Crippen molar-refractivity contribution in [3.63, 3.8) is 0 Å². The third-order valence-corrected chi connectivity index (χ3v) is 5.64. The Morgan fingerprint density at radius 2 is 2.38 bits per heavy atom. The molecule has 5 nitrogen and oxygen atoms in total. The number of aliphatic carboxylic acids is 1. The first-order valence-corrected chi connectivity index (χ1v) is 8.71. The van der Waals surface area contributed by atoms with Crippen molar-refractivity contribution < 1.29 is 9.90 Å². The molecule has 0 aromatic carbocycles. The van der Waals surface area contributed by atoms with Crippen LogP contribution in [0.15, 0.2) is 17.3 Å². The van der Waals surface area contributed by atoms with Crippen LogP contribution >= 0.6 is 11.8 Å². The van der Waals surface area contributed by atoms with Crippen molar-refractivity contribution in [2.45, 2.75) is 55.0 Å². The monoisotopic (exact) mass is 309 g/mol. The second kappa shape index (κ2) is 6.01. The Bertz CT molecular complexity index is 515. The van der Waals surface area contributed by atoms with Crippen LogP contribution in [-0.4, -0.2) is 38.2 Å². The lowest BCUT2D eigenvalue weighted by Gasteiger charge is -2.32. The molecule has 2 atom stereocenters. The molecule has 116 valence electrons. The number of carboxylic acids is 1. The van der Waals surface area contributed by atoms with Gasteiger partial charge in [-0.3, -0.25) is 14.8 Å². The van der Waals surface area contributed by atoms with Gasteiger partial charge in [0, 0.05) is 24.2 Å². The Hall–Kier alpha value is -1.01. The highest BCUT2D eigenvalue weighted by Gasteiger charge is 2.50. The van der Waals surface area contributed by atoms with E-state index in [0.717, 1.165) is 49.2 Å². The van der Waals surface area contributed by atoms with E-state index in [2.05, 4.69) is 10.4 Å². The molecule has 0 aliphatic heterocycles. The van der Waals surface area contributed by atoms with Crippen LogP contribution in [0.4, 0.5) is 0 Å². The summed E-state index contributed by atoms with van der Waals surface area (Å²) in [5, 5.41) is 17.4. The van der Waals surface area contributed by atoms with Gasteiger partial charge in [0.25, 0.3) is 0 Å². The summed E-state index contributed by atoms with van der Waals surface area (Å²) in [5.74, 6) is 0.556. The molecule has 2 aliphatic rings. The lowest BCUT2D eigenvalue weighted by Crippen LogP contribution is -2.55. The Morgan fingerprint density at radius 3 is 3.00 bits per heavy atom. The first-order valence-electron chi connectivity index (χ1n) is 7.73. The summed E-state index contributed by atoms with van der Waals surface area (Å²) >= 11 is 1.77. The lowest BCUT2D eigenvalue weighted by atomic mass is 9.85. The average molecular weight is 309 g/mol. The molecule has 21 heavy (non-hydrogen) atoms. The Kier molecular flexibility index (Phi) is 4.26. The average Bonchev–Trinajstić information content (AvgIpc) is 3.00. The summed E-state index contributed by atoms with van der Waals surface area (Å²) in [6.07, 6.45) is 9.91. The van der Waals surface area contributed by atoms with E-state index in [1.807, 2.05) is 19.4 Å². The molecule has 1 aromatic rings. The van der Waals surface area contributed by atoms with Crippen molar-refractivity contribution in [1.82, 2.24) is 15.1 Å². The first-order chi connectivity index (χ1) is 10.1. The maximum absolute atomic E-state index is 11.9. The van der Waals surface area contributed by atoms with E-state index in [0.29, 0.717) is 6.04 Å². The minimum atomic E-state index is -0.670. The summed E-state index contributed by atoms with van der Waals surface area (Å²) < 4.78 is 1.80. The van der Waals surface area contributed by atoms with Crippen LogP contribution < -0.4 is 5.32 Å². The van der Waals surface area contributed by atoms with Gasteiger partial charge in [-0.15, -0.1) is 11.8 Å². The molecular weight excluding hydrogens is 286 g/mol. The maximum atomic E-state index is 11.9. The van der Waals surface area contributed by atoms with E-state index in [1.165, 1.54) is 0 Å². The fourth-order valence-corrected chi connectivity index (χ4v) is 4.37. The van der Waals surface area contributed by atoms with Crippen LogP contribution in [0.5, 0.6) is 0 Å². The molecule has 0 spiro atoms. The van der Waals surface area contributed by atoms with Gasteiger partial charge in [-0.2, -0.15) is 5.10 Å². The van der Waals surface area contributed by atoms with Gasteiger partial charge in [0.2, 0.25) is 0 Å². The van der Waals surface area contributed by atoms with Crippen molar-refractivity contribution in [3.05, 3.63) is 12.4 Å². The van der Waals surface area contributed by atoms with Crippen LogP contribution in [0.3, 0.4) is 0 Å². The van der Waals surface area contributed by atoms with E-state index < -0.39 is 11.5 Å². The molecule has 2 unspecified atom stereocenters. The molecule has 2 saturated carbocycles. The van der Waals surface area contributed by atoms with Gasteiger partial charge in [0.05, 0.1) is 6.20 Å². The molecule has 0 amide bonds. The van der Waals surface area contributed by atoms with Crippen molar-refractivity contribution in [2.75, 3.05) is 5.75 Å². The van der Waals surface area contributed by atoms with E-state index in [4.69, 9.17) is 0 Å². The van der Waals surface area contributed by atoms with Gasteiger partial charge in [-0.1, -0.05) is 6.42 Å². The minimum absolute atomic E-state index is 0.250. The van der Waals surface area contributed by atoms with Crippen molar-refractivity contribution in [2.24, 2.45) is 13.0 Å². The summed E-state index contributed by atoms with van der Waals surface area (Å²) in [7, 11) is 1.91. The van der Waals surface area contributed by atoms with Crippen molar-refractivity contribution in [3.8, 4) is 0 Å². The zero-order valence-electron chi connectivity index (χ0n) is 12.4. The number of hydrogen-bond acceptors (Lipinski definition) is 4. The Balaban J connectivity index is 1.58. The van der Waals surface area contributed by atoms with Gasteiger partial charge < -0.3 is 5.11 Å². The molecule has 1 heterocycles. The van der Waals surface area contributed by atoms with Gasteiger partial charge in [0.1, 0.15) is 5.54 Å². The number of nitrogens with one attached hydrogen (secondary N) is 1. The second-order valence-corrected chi connectivity index (χ2v) is 7.44. The van der Waals surface area contributed by atoms with E-state index >= 15 is 0 Å². The molecule has 3 rings (SSSR count). The van der Waals surface area contributed by atoms with E-state index in [-0.39, 0.29) is 5.92 Å². The predicted molar refractivity (Wildman–Crippen MR) is 82.4 cm³/mol. The molecular formula is C15H23N3O2S. The lowest BCUT2D eigenvalue weighted by molar-refractivity contribution is -0.146. The summed E-state index contributed by atoms with van der Waals surface area (Å²) in [6, 6.07) is 0.438. The van der Waals surface area contributed by atoms with Gasteiger partial charge in [0.15, 0.2) is 0 Å². The highest BCUT2D eigenvalue weighted by Crippen LogP contribution is 2.41. The second-order valence-electron chi connectivity index (χ2n) is 6.27. The van der Waals surface area contributed by atoms with Crippen LogP contribution in [-0.2, 0) is 11.8 Å². The highest BCUT2D eigenvalue weighted by atomic mass is 32.2. The Labute approximate surface area is 129 Å². The first kappa shape index (κ1) is 14.9. The van der Waals surface area contributed by atoms with Crippen LogP contribution in [0.2, 0.25) is 0 Å². The van der Waals surface area contributed by atoms with E-state index in [9.17, 15) is 9.90 Å². The molecule has 2 aliphatic carbocycles. The molecule has 0 saturated heterocycles. The summed E-state index contributed by atoms with van der Waals surface area (Å²) in [4.78, 5) is 13.0. The zero-order valence-corrected chi connectivity index (χ0v) is 13.2. The maximum Gasteiger partial charge on any atom is 0.324 e. The number of aryl methyl sites for hydroxylation is 1. The molecule has 2 N–H and O–H groups in total. The normalized spacial score (nSPS) is 28.9. The number of carboxylic acid groups (broad SMARTS) is 1. The van der Waals surface area contributed by atoms with E-state index in [1.54, 1.807) is 16.4 Å². The molecule has 1 aromatic heterocycles. The third kappa shape index (κ3) is 3.26. The molecule has 6 heteroatoms. The van der Waals surface area contributed by atoms with Crippen LogP contribution in [0.25, 0.3) is 0 Å². The number of rotatable bonds is 7. The number of hydrogen-bond donors (Lipinski definition) is 2. The molecule has 2 fully saturated rings. The van der Waals surface area contributed by atoms with Crippen molar-refractivity contribution >= 4 is 17.7 Å². The fourth-order valence-electron chi connectivity index (χ4n) is 3.39. The van der Waals surface area contributed by atoms with Crippen LogP contribution in [0.1, 0.15) is 38.5 Å². The highest BCUT2D eigenvalue weighted by molar-refractivity contribution is 7.99. The number of thioether (sulfide) groups is 1. The molecule has 0 radical (unpaired) electrons. The topological polar surface area (TPSA) is 67.2 Å². The molecule has 0 bridgehead atoms.